The Bertz CT molecular complexity index is 711. The zero-order chi connectivity index (χ0) is 17.0. The van der Waals surface area contributed by atoms with Gasteiger partial charge in [-0.3, -0.25) is 14.9 Å². The van der Waals surface area contributed by atoms with Crippen LogP contribution in [0.3, 0.4) is 0 Å². The van der Waals surface area contributed by atoms with E-state index in [-0.39, 0.29) is 18.0 Å². The van der Waals surface area contributed by atoms with E-state index in [1.807, 2.05) is 0 Å². The number of rotatable bonds is 6. The highest BCUT2D eigenvalue weighted by Gasteiger charge is 2.26. The van der Waals surface area contributed by atoms with Crippen molar-refractivity contribution < 1.29 is 14.8 Å². The number of hydrogen-bond donors (Lipinski definition) is 1. The van der Waals surface area contributed by atoms with Gasteiger partial charge in [-0.2, -0.15) is 0 Å². The molecule has 7 heteroatoms. The molecule has 23 heavy (non-hydrogen) atoms. The molecule has 0 spiro atoms. The first-order chi connectivity index (χ1) is 10.9. The second-order valence-electron chi connectivity index (χ2n) is 5.02. The first kappa shape index (κ1) is 17.2. The molecule has 2 aromatic rings. The number of Topliss-reactive ketones (excluding diaryl/α,β-unsaturated/α-hetero) is 1. The number of halogens is 2. The van der Waals surface area contributed by atoms with Crippen LogP contribution < -0.4 is 0 Å². The molecule has 120 valence electrons. The summed E-state index contributed by atoms with van der Waals surface area (Å²) in [6.45, 7) is -0.451. The number of hydrogen-bond acceptors (Lipinski definition) is 4. The van der Waals surface area contributed by atoms with E-state index in [0.29, 0.717) is 21.2 Å². The maximum Gasteiger partial charge on any atom is 0.211 e. The van der Waals surface area contributed by atoms with E-state index >= 15 is 0 Å². The smallest absolute Gasteiger partial charge is 0.211 e. The lowest BCUT2D eigenvalue weighted by Crippen LogP contribution is -2.17. The molecule has 0 aliphatic rings. The molecule has 0 aromatic heterocycles. The van der Waals surface area contributed by atoms with Crippen molar-refractivity contribution in [1.82, 2.24) is 0 Å². The number of carbonyl (C=O) groups excluding carboxylic acids is 1. The van der Waals surface area contributed by atoms with Crippen molar-refractivity contribution in [2.75, 3.05) is 6.54 Å². The Kier molecular flexibility index (Phi) is 5.58. The Morgan fingerprint density at radius 2 is 1.70 bits per heavy atom. The van der Waals surface area contributed by atoms with Gasteiger partial charge in [0, 0.05) is 27.0 Å². The molecule has 2 rings (SSSR count). The maximum atomic E-state index is 12.4. The van der Waals surface area contributed by atoms with Crippen molar-refractivity contribution in [2.24, 2.45) is 0 Å². The minimum Gasteiger partial charge on any atom is -0.508 e. The maximum absolute atomic E-state index is 12.4. The standard InChI is InChI=1S/C16H13Cl2NO4/c17-13-2-1-3-14(18)16(13)11(9-19(22)23)8-15(21)10-4-6-12(20)7-5-10/h1-7,11,20H,8-9H2. The van der Waals surface area contributed by atoms with Crippen LogP contribution in [-0.4, -0.2) is 22.4 Å². The number of aromatic hydroxyl groups is 1. The molecule has 1 unspecified atom stereocenters. The molecular formula is C16H13Cl2NO4. The van der Waals surface area contributed by atoms with E-state index in [2.05, 4.69) is 0 Å². The van der Waals surface area contributed by atoms with Crippen LogP contribution in [0.5, 0.6) is 5.75 Å². The van der Waals surface area contributed by atoms with Crippen molar-refractivity contribution in [2.45, 2.75) is 12.3 Å². The fourth-order valence-electron chi connectivity index (χ4n) is 2.33. The fourth-order valence-corrected chi connectivity index (χ4v) is 3.03. The average Bonchev–Trinajstić information content (AvgIpc) is 2.46. The molecule has 0 saturated heterocycles. The summed E-state index contributed by atoms with van der Waals surface area (Å²) < 4.78 is 0. The lowest BCUT2D eigenvalue weighted by molar-refractivity contribution is -0.483. The molecule has 0 radical (unpaired) electrons. The second-order valence-corrected chi connectivity index (χ2v) is 5.84. The average molecular weight is 354 g/mol. The number of nitro groups is 1. The minimum atomic E-state index is -0.729. The van der Waals surface area contributed by atoms with Gasteiger partial charge >= 0.3 is 0 Å². The largest absolute Gasteiger partial charge is 0.508 e. The van der Waals surface area contributed by atoms with Crippen LogP contribution >= 0.6 is 23.2 Å². The number of phenols is 1. The molecule has 1 atom stereocenters. The van der Waals surface area contributed by atoms with Crippen LogP contribution in [0.15, 0.2) is 42.5 Å². The number of nitrogens with zero attached hydrogens (tertiary/aromatic N) is 1. The first-order valence-corrected chi connectivity index (χ1v) is 7.52. The van der Waals surface area contributed by atoms with Gasteiger partial charge in [-0.25, -0.2) is 0 Å². The van der Waals surface area contributed by atoms with Crippen LogP contribution in [0.1, 0.15) is 28.3 Å². The van der Waals surface area contributed by atoms with Gasteiger partial charge in [0.05, 0.1) is 5.92 Å². The van der Waals surface area contributed by atoms with Crippen molar-refractivity contribution in [3.63, 3.8) is 0 Å². The third-order valence-electron chi connectivity index (χ3n) is 3.40. The molecule has 1 N–H and O–H groups in total. The lowest BCUT2D eigenvalue weighted by Gasteiger charge is -2.16. The molecule has 2 aromatic carbocycles. The Morgan fingerprint density at radius 1 is 1.13 bits per heavy atom. The normalized spacial score (nSPS) is 11.9. The van der Waals surface area contributed by atoms with E-state index in [1.165, 1.54) is 24.3 Å². The highest BCUT2D eigenvalue weighted by molar-refractivity contribution is 6.36. The van der Waals surface area contributed by atoms with Crippen molar-refractivity contribution in [3.8, 4) is 5.75 Å². The van der Waals surface area contributed by atoms with E-state index in [9.17, 15) is 20.0 Å². The van der Waals surface area contributed by atoms with Gasteiger partial charge in [-0.15, -0.1) is 0 Å². The zero-order valence-electron chi connectivity index (χ0n) is 11.9. The molecule has 0 bridgehead atoms. The van der Waals surface area contributed by atoms with Crippen molar-refractivity contribution >= 4 is 29.0 Å². The molecule has 0 saturated carbocycles. The molecule has 5 nitrogen and oxygen atoms in total. The number of ketones is 1. The summed E-state index contributed by atoms with van der Waals surface area (Å²) in [5, 5.41) is 20.8. The fraction of sp³-hybridized carbons (Fsp3) is 0.188. The van der Waals surface area contributed by atoms with Crippen LogP contribution in [0.2, 0.25) is 10.0 Å². The molecule has 0 fully saturated rings. The summed E-state index contributed by atoms with van der Waals surface area (Å²) in [6.07, 6.45) is -0.102. The Hall–Kier alpha value is -2.11. The minimum absolute atomic E-state index is 0.0394. The molecule has 0 aliphatic heterocycles. The molecule has 0 amide bonds. The zero-order valence-corrected chi connectivity index (χ0v) is 13.4. The van der Waals surface area contributed by atoms with Gasteiger partial charge in [-0.1, -0.05) is 29.3 Å². The van der Waals surface area contributed by atoms with Gasteiger partial charge in [0.2, 0.25) is 6.54 Å². The topological polar surface area (TPSA) is 80.4 Å². The highest BCUT2D eigenvalue weighted by Crippen LogP contribution is 2.34. The van der Waals surface area contributed by atoms with Gasteiger partial charge in [0.25, 0.3) is 0 Å². The van der Waals surface area contributed by atoms with Gasteiger partial charge in [-0.05, 0) is 42.0 Å². The van der Waals surface area contributed by atoms with Crippen LogP contribution in [0, 0.1) is 10.1 Å². The summed E-state index contributed by atoms with van der Waals surface area (Å²) >= 11 is 12.2. The number of phenolic OH excluding ortho intramolecular Hbond substituents is 1. The Balaban J connectivity index is 2.30. The van der Waals surface area contributed by atoms with Gasteiger partial charge in [0.1, 0.15) is 5.75 Å². The Morgan fingerprint density at radius 3 is 2.22 bits per heavy atom. The van der Waals surface area contributed by atoms with Crippen LogP contribution in [0.25, 0.3) is 0 Å². The van der Waals surface area contributed by atoms with Crippen LogP contribution in [0.4, 0.5) is 0 Å². The summed E-state index contributed by atoms with van der Waals surface area (Å²) in [6, 6.07) is 10.5. The predicted molar refractivity (Wildman–Crippen MR) is 88.1 cm³/mol. The first-order valence-electron chi connectivity index (χ1n) is 6.76. The quantitative estimate of drug-likeness (QED) is 0.476. The summed E-state index contributed by atoms with van der Waals surface area (Å²) in [4.78, 5) is 22.8. The number of benzene rings is 2. The lowest BCUT2D eigenvalue weighted by atomic mass is 9.91. The number of carbonyl (C=O) groups is 1. The third kappa shape index (κ3) is 4.43. The summed E-state index contributed by atoms with van der Waals surface area (Å²) in [5.74, 6) is -0.974. The molecule has 0 aliphatic carbocycles. The van der Waals surface area contributed by atoms with E-state index in [1.54, 1.807) is 18.2 Å². The predicted octanol–water partition coefficient (Wildman–Crippen LogP) is 4.33. The van der Waals surface area contributed by atoms with E-state index < -0.39 is 17.4 Å². The van der Waals surface area contributed by atoms with E-state index in [4.69, 9.17) is 23.2 Å². The molecule has 0 heterocycles. The van der Waals surface area contributed by atoms with Crippen molar-refractivity contribution in [1.29, 1.82) is 0 Å². The van der Waals surface area contributed by atoms with Crippen molar-refractivity contribution in [3.05, 3.63) is 73.8 Å². The second kappa shape index (κ2) is 7.44. The van der Waals surface area contributed by atoms with E-state index in [0.717, 1.165) is 0 Å². The monoisotopic (exact) mass is 353 g/mol. The summed E-state index contributed by atoms with van der Waals surface area (Å²) in [7, 11) is 0. The van der Waals surface area contributed by atoms with Gasteiger partial charge in [0.15, 0.2) is 5.78 Å². The highest BCUT2D eigenvalue weighted by atomic mass is 35.5. The summed E-state index contributed by atoms with van der Waals surface area (Å²) in [5.41, 5.74) is 0.763. The van der Waals surface area contributed by atoms with Gasteiger partial charge < -0.3 is 5.11 Å². The Labute approximate surface area is 142 Å². The molecular weight excluding hydrogens is 341 g/mol. The SMILES string of the molecule is O=C(CC(C[N+](=O)[O-])c1c(Cl)cccc1Cl)c1ccc(O)cc1. The van der Waals surface area contributed by atoms with Crippen LogP contribution in [-0.2, 0) is 0 Å². The third-order valence-corrected chi connectivity index (χ3v) is 4.06.